The molecule has 0 bridgehead atoms. The van der Waals surface area contributed by atoms with Gasteiger partial charge in [0.1, 0.15) is 0 Å². The first-order chi connectivity index (χ1) is 5.43. The second kappa shape index (κ2) is 5.40. The van der Waals surface area contributed by atoms with Crippen LogP contribution in [0, 0.1) is 5.92 Å². The van der Waals surface area contributed by atoms with Crippen LogP contribution in [0.2, 0.25) is 0 Å². The number of allylic oxidation sites excluding steroid dienone is 2. The highest BCUT2D eigenvalue weighted by Crippen LogP contribution is 2.20. The molecule has 0 nitrogen and oxygen atoms in total. The third-order valence-electron chi connectivity index (χ3n) is 2.70. The van der Waals surface area contributed by atoms with Crippen LogP contribution >= 0.6 is 0 Å². The summed E-state index contributed by atoms with van der Waals surface area (Å²) in [6.45, 7) is 2.32. The molecular formula is C11H20. The van der Waals surface area contributed by atoms with Crippen molar-refractivity contribution in [3.05, 3.63) is 12.2 Å². The van der Waals surface area contributed by atoms with E-state index in [0.29, 0.717) is 0 Å². The number of hydrogen-bond acceptors (Lipinski definition) is 0. The van der Waals surface area contributed by atoms with Crippen LogP contribution in [0.4, 0.5) is 0 Å². The molecule has 0 radical (unpaired) electrons. The van der Waals surface area contributed by atoms with Gasteiger partial charge in [-0.1, -0.05) is 44.8 Å². The van der Waals surface area contributed by atoms with E-state index in [1.54, 1.807) is 0 Å². The van der Waals surface area contributed by atoms with Crippen LogP contribution in [-0.2, 0) is 0 Å². The van der Waals surface area contributed by atoms with Crippen LogP contribution in [0.3, 0.4) is 0 Å². The van der Waals surface area contributed by atoms with Crippen LogP contribution in [-0.4, -0.2) is 0 Å². The first kappa shape index (κ1) is 8.83. The molecule has 1 aliphatic carbocycles. The molecule has 64 valence electrons. The maximum atomic E-state index is 2.39. The van der Waals surface area contributed by atoms with Gasteiger partial charge in [0.15, 0.2) is 0 Å². The Bertz CT molecular complexity index is 113. The molecule has 0 aromatic carbocycles. The van der Waals surface area contributed by atoms with Gasteiger partial charge in [0.2, 0.25) is 0 Å². The molecule has 0 saturated carbocycles. The summed E-state index contributed by atoms with van der Waals surface area (Å²) < 4.78 is 0. The summed E-state index contributed by atoms with van der Waals surface area (Å²) in [5.74, 6) is 0.976. The van der Waals surface area contributed by atoms with E-state index in [1.165, 1.54) is 44.9 Å². The molecule has 1 rings (SSSR count). The predicted molar refractivity (Wildman–Crippen MR) is 50.6 cm³/mol. The molecule has 0 aliphatic heterocycles. The van der Waals surface area contributed by atoms with Crippen molar-refractivity contribution in [2.45, 2.75) is 51.9 Å². The van der Waals surface area contributed by atoms with Gasteiger partial charge in [0.25, 0.3) is 0 Å². The number of hydrogen-bond donors (Lipinski definition) is 0. The lowest BCUT2D eigenvalue weighted by atomic mass is 9.96. The zero-order valence-electron chi connectivity index (χ0n) is 7.68. The summed E-state index contributed by atoms with van der Waals surface area (Å²) in [6.07, 6.45) is 14.5. The Morgan fingerprint density at radius 1 is 1.18 bits per heavy atom. The monoisotopic (exact) mass is 152 g/mol. The molecule has 0 heteroatoms. The Kier molecular flexibility index (Phi) is 4.33. The summed E-state index contributed by atoms with van der Waals surface area (Å²) in [7, 11) is 0. The maximum absolute atomic E-state index is 2.39. The van der Waals surface area contributed by atoms with Crippen LogP contribution in [0.25, 0.3) is 0 Å². The van der Waals surface area contributed by atoms with Crippen LogP contribution in [0.5, 0.6) is 0 Å². The van der Waals surface area contributed by atoms with Crippen molar-refractivity contribution in [3.8, 4) is 0 Å². The van der Waals surface area contributed by atoms with Crippen molar-refractivity contribution in [3.63, 3.8) is 0 Å². The van der Waals surface area contributed by atoms with E-state index >= 15 is 0 Å². The van der Waals surface area contributed by atoms with E-state index in [1.807, 2.05) is 0 Å². The summed E-state index contributed by atoms with van der Waals surface area (Å²) in [6, 6.07) is 0. The maximum Gasteiger partial charge on any atom is -0.0322 e. The lowest BCUT2D eigenvalue weighted by molar-refractivity contribution is 0.452. The molecule has 0 amide bonds. The number of rotatable bonds is 1. The highest BCUT2D eigenvalue weighted by Gasteiger charge is 2.04. The Balaban J connectivity index is 2.30. The van der Waals surface area contributed by atoms with E-state index in [9.17, 15) is 0 Å². The van der Waals surface area contributed by atoms with Gasteiger partial charge in [-0.3, -0.25) is 0 Å². The Morgan fingerprint density at radius 3 is 2.91 bits per heavy atom. The summed E-state index contributed by atoms with van der Waals surface area (Å²) >= 11 is 0. The normalized spacial score (nSPS) is 30.1. The molecule has 0 N–H and O–H groups in total. The second-order valence-electron chi connectivity index (χ2n) is 3.62. The summed E-state index contributed by atoms with van der Waals surface area (Å²) in [5, 5.41) is 0. The molecule has 0 aromatic heterocycles. The van der Waals surface area contributed by atoms with E-state index < -0.39 is 0 Å². The summed E-state index contributed by atoms with van der Waals surface area (Å²) in [4.78, 5) is 0. The van der Waals surface area contributed by atoms with Crippen molar-refractivity contribution in [2.24, 2.45) is 5.92 Å². The van der Waals surface area contributed by atoms with Gasteiger partial charge in [-0.25, -0.2) is 0 Å². The van der Waals surface area contributed by atoms with Gasteiger partial charge < -0.3 is 0 Å². The molecule has 0 spiro atoms. The largest absolute Gasteiger partial charge is 0.0885 e. The van der Waals surface area contributed by atoms with Gasteiger partial charge in [-0.15, -0.1) is 0 Å². The van der Waals surface area contributed by atoms with Crippen LogP contribution in [0.15, 0.2) is 12.2 Å². The van der Waals surface area contributed by atoms with Gasteiger partial charge in [0, 0.05) is 0 Å². The second-order valence-corrected chi connectivity index (χ2v) is 3.62. The summed E-state index contributed by atoms with van der Waals surface area (Å²) in [5.41, 5.74) is 0. The lowest BCUT2D eigenvalue weighted by Crippen LogP contribution is -1.95. The van der Waals surface area contributed by atoms with E-state index in [4.69, 9.17) is 0 Å². The van der Waals surface area contributed by atoms with Crippen molar-refractivity contribution in [2.75, 3.05) is 0 Å². The predicted octanol–water partition coefficient (Wildman–Crippen LogP) is 3.92. The van der Waals surface area contributed by atoms with Crippen molar-refractivity contribution in [1.29, 1.82) is 0 Å². The van der Waals surface area contributed by atoms with Crippen molar-refractivity contribution in [1.82, 2.24) is 0 Å². The minimum absolute atomic E-state index is 0.976. The molecule has 1 atom stereocenters. The zero-order valence-corrected chi connectivity index (χ0v) is 7.68. The third kappa shape index (κ3) is 3.60. The van der Waals surface area contributed by atoms with Gasteiger partial charge in [0.05, 0.1) is 0 Å². The van der Waals surface area contributed by atoms with Crippen molar-refractivity contribution < 1.29 is 0 Å². The smallest absolute Gasteiger partial charge is 0.0322 e. The highest BCUT2D eigenvalue weighted by atomic mass is 14.1. The lowest BCUT2D eigenvalue weighted by Gasteiger charge is -2.10. The minimum atomic E-state index is 0.976. The zero-order chi connectivity index (χ0) is 7.94. The highest BCUT2D eigenvalue weighted by molar-refractivity contribution is 4.84. The first-order valence-corrected chi connectivity index (χ1v) is 5.08. The standard InChI is InChI=1S/C11H20/c1-2-11-9-7-5-3-4-6-8-10-11/h5,7,11H,2-4,6,8-10H2,1H3/b7-5+. The molecule has 0 aromatic rings. The Morgan fingerprint density at radius 2 is 2.09 bits per heavy atom. The van der Waals surface area contributed by atoms with Gasteiger partial charge in [-0.05, 0) is 25.2 Å². The van der Waals surface area contributed by atoms with Crippen molar-refractivity contribution >= 4 is 0 Å². The average Bonchev–Trinajstić information content (AvgIpc) is 2.16. The SMILES string of the molecule is CCC1C/C=C/CCCCC1. The Labute approximate surface area is 70.7 Å². The first-order valence-electron chi connectivity index (χ1n) is 5.08. The molecule has 0 saturated heterocycles. The third-order valence-corrected chi connectivity index (χ3v) is 2.70. The topological polar surface area (TPSA) is 0 Å². The van der Waals surface area contributed by atoms with Gasteiger partial charge in [-0.2, -0.15) is 0 Å². The van der Waals surface area contributed by atoms with Crippen LogP contribution in [0.1, 0.15) is 51.9 Å². The molecule has 1 aliphatic rings. The minimum Gasteiger partial charge on any atom is -0.0885 e. The fourth-order valence-corrected chi connectivity index (χ4v) is 1.77. The van der Waals surface area contributed by atoms with Gasteiger partial charge >= 0.3 is 0 Å². The molecule has 11 heavy (non-hydrogen) atoms. The quantitative estimate of drug-likeness (QED) is 0.499. The average molecular weight is 152 g/mol. The van der Waals surface area contributed by atoms with Crippen LogP contribution < -0.4 is 0 Å². The fourth-order valence-electron chi connectivity index (χ4n) is 1.77. The molecule has 0 heterocycles. The molecule has 0 fully saturated rings. The van der Waals surface area contributed by atoms with E-state index in [0.717, 1.165) is 5.92 Å². The van der Waals surface area contributed by atoms with E-state index in [-0.39, 0.29) is 0 Å². The molecule has 1 unspecified atom stereocenters. The Hall–Kier alpha value is -0.260. The fraction of sp³-hybridized carbons (Fsp3) is 0.818. The van der Waals surface area contributed by atoms with E-state index in [2.05, 4.69) is 19.1 Å². The molecular weight excluding hydrogens is 132 g/mol.